The molecule has 0 aliphatic carbocycles. The van der Waals surface area contributed by atoms with Gasteiger partial charge in [0.25, 0.3) is 0 Å². The molecule has 4 nitrogen and oxygen atoms in total. The maximum absolute atomic E-state index is 14.4. The summed E-state index contributed by atoms with van der Waals surface area (Å²) in [5.74, 6) is 1.04. The van der Waals surface area contributed by atoms with Crippen molar-refractivity contribution in [2.24, 2.45) is 9.98 Å². The van der Waals surface area contributed by atoms with Gasteiger partial charge in [-0.2, -0.15) is 0 Å². The van der Waals surface area contributed by atoms with E-state index >= 15 is 0 Å². The Balaban J connectivity index is 1.34. The van der Waals surface area contributed by atoms with Gasteiger partial charge in [0.15, 0.2) is 17.6 Å². The second-order valence-corrected chi connectivity index (χ2v) is 9.24. The Labute approximate surface area is 218 Å². The van der Waals surface area contributed by atoms with Gasteiger partial charge in [0.2, 0.25) is 0 Å². The largest absolute Gasteiger partial charge is 0.453 e. The molecule has 1 aromatic heterocycles. The lowest BCUT2D eigenvalue weighted by atomic mass is 10.0. The molecule has 5 aromatic carbocycles. The molecule has 38 heavy (non-hydrogen) atoms. The van der Waals surface area contributed by atoms with Crippen molar-refractivity contribution in [2.75, 3.05) is 0 Å². The number of aliphatic imine (C=N–C) groups is 2. The summed E-state index contributed by atoms with van der Waals surface area (Å²) >= 11 is 0. The fourth-order valence-corrected chi connectivity index (χ4v) is 4.91. The molecular formula is C33H22FN3O. The van der Waals surface area contributed by atoms with E-state index in [9.17, 15) is 4.39 Å². The first-order chi connectivity index (χ1) is 18.7. The molecule has 2 heterocycles. The number of halogens is 1. The Morgan fingerprint density at radius 1 is 0.579 bits per heavy atom. The van der Waals surface area contributed by atoms with Crippen LogP contribution in [0.2, 0.25) is 0 Å². The molecule has 0 saturated heterocycles. The molecular weight excluding hydrogens is 473 g/mol. The molecule has 0 fully saturated rings. The van der Waals surface area contributed by atoms with Crippen LogP contribution in [0.3, 0.4) is 0 Å². The normalized spacial score (nSPS) is 15.2. The summed E-state index contributed by atoms with van der Waals surface area (Å²) < 4.78 is 20.3. The van der Waals surface area contributed by atoms with Crippen LogP contribution in [0.15, 0.2) is 136 Å². The molecule has 1 aliphatic rings. The number of hydrogen-bond donors (Lipinski definition) is 1. The Kier molecular flexibility index (Phi) is 5.33. The van der Waals surface area contributed by atoms with Crippen LogP contribution in [0.1, 0.15) is 22.9 Å². The maximum Gasteiger partial charge on any atom is 0.171 e. The molecule has 0 amide bonds. The minimum atomic E-state index is -0.436. The SMILES string of the molecule is Fc1cccc2c1oc1cc(C3=NC(c4cccc(-c5ccccc5)c4)N=C(c4ccccc4)N3)ccc12. The van der Waals surface area contributed by atoms with E-state index in [1.165, 1.54) is 6.07 Å². The zero-order valence-electron chi connectivity index (χ0n) is 20.3. The Morgan fingerprint density at radius 3 is 2.05 bits per heavy atom. The van der Waals surface area contributed by atoms with Gasteiger partial charge in [-0.25, -0.2) is 14.4 Å². The predicted molar refractivity (Wildman–Crippen MR) is 151 cm³/mol. The highest BCUT2D eigenvalue weighted by atomic mass is 19.1. The lowest BCUT2D eigenvalue weighted by Crippen LogP contribution is -2.36. The number of rotatable bonds is 4. The molecule has 6 aromatic rings. The summed E-state index contributed by atoms with van der Waals surface area (Å²) in [5, 5.41) is 5.05. The zero-order valence-corrected chi connectivity index (χ0v) is 20.3. The van der Waals surface area contributed by atoms with Crippen molar-refractivity contribution in [3.63, 3.8) is 0 Å². The van der Waals surface area contributed by atoms with E-state index in [2.05, 4.69) is 35.6 Å². The third-order valence-corrected chi connectivity index (χ3v) is 6.80. The van der Waals surface area contributed by atoms with E-state index < -0.39 is 6.17 Å². The molecule has 1 N–H and O–H groups in total. The molecule has 1 aliphatic heterocycles. The molecule has 0 bridgehead atoms. The number of hydrogen-bond acceptors (Lipinski definition) is 4. The standard InChI is InChI=1S/C33H22FN3O/c34-28-16-8-15-27-26-18-17-25(20-29(26)38-30(27)28)33-36-31(22-11-5-2-6-12-22)35-32(37-33)24-14-7-13-23(19-24)21-9-3-1-4-10-21/h1-20,32H,(H,35,36,37). The number of benzene rings is 5. The maximum atomic E-state index is 14.4. The van der Waals surface area contributed by atoms with Gasteiger partial charge in [-0.1, -0.05) is 97.1 Å². The van der Waals surface area contributed by atoms with Crippen LogP contribution in [0.25, 0.3) is 33.1 Å². The van der Waals surface area contributed by atoms with Gasteiger partial charge >= 0.3 is 0 Å². The summed E-state index contributed by atoms with van der Waals surface area (Å²) in [6, 6.07) is 39.5. The van der Waals surface area contributed by atoms with Gasteiger partial charge in [-0.05, 0) is 41.0 Å². The summed E-state index contributed by atoms with van der Waals surface area (Å²) in [6.45, 7) is 0. The van der Waals surface area contributed by atoms with Crippen molar-refractivity contribution in [2.45, 2.75) is 6.17 Å². The van der Waals surface area contributed by atoms with Gasteiger partial charge < -0.3 is 9.73 Å². The van der Waals surface area contributed by atoms with Crippen molar-refractivity contribution < 1.29 is 8.81 Å². The van der Waals surface area contributed by atoms with Crippen molar-refractivity contribution in [3.8, 4) is 11.1 Å². The van der Waals surface area contributed by atoms with Gasteiger partial charge in [0.05, 0.1) is 0 Å². The predicted octanol–water partition coefficient (Wildman–Crippen LogP) is 7.89. The molecule has 5 heteroatoms. The average molecular weight is 496 g/mol. The molecule has 0 spiro atoms. The molecule has 0 radical (unpaired) electrons. The Hall–Kier alpha value is -5.03. The van der Waals surface area contributed by atoms with E-state index in [-0.39, 0.29) is 11.4 Å². The van der Waals surface area contributed by atoms with Gasteiger partial charge in [-0.3, -0.25) is 0 Å². The smallest absolute Gasteiger partial charge is 0.171 e. The molecule has 1 unspecified atom stereocenters. The fraction of sp³-hybridized carbons (Fsp3) is 0.0303. The summed E-state index contributed by atoms with van der Waals surface area (Å²) in [4.78, 5) is 10.00. The van der Waals surface area contributed by atoms with E-state index in [1.807, 2.05) is 78.9 Å². The monoisotopic (exact) mass is 495 g/mol. The van der Waals surface area contributed by atoms with Crippen LogP contribution in [0, 0.1) is 5.82 Å². The lowest BCUT2D eigenvalue weighted by Gasteiger charge is -2.22. The minimum absolute atomic E-state index is 0.264. The first-order valence-electron chi connectivity index (χ1n) is 12.5. The van der Waals surface area contributed by atoms with Gasteiger partial charge in [0, 0.05) is 21.9 Å². The zero-order chi connectivity index (χ0) is 25.5. The van der Waals surface area contributed by atoms with Crippen LogP contribution >= 0.6 is 0 Å². The highest BCUT2D eigenvalue weighted by Crippen LogP contribution is 2.32. The Bertz CT molecular complexity index is 1860. The first kappa shape index (κ1) is 22.2. The van der Waals surface area contributed by atoms with Crippen LogP contribution in [0.4, 0.5) is 4.39 Å². The molecule has 0 saturated carbocycles. The quantitative estimate of drug-likeness (QED) is 0.270. The van der Waals surface area contributed by atoms with E-state index in [1.54, 1.807) is 6.07 Å². The van der Waals surface area contributed by atoms with Crippen LogP contribution in [-0.4, -0.2) is 11.7 Å². The summed E-state index contributed by atoms with van der Waals surface area (Å²) in [7, 11) is 0. The number of para-hydroxylation sites is 1. The average Bonchev–Trinajstić information content (AvgIpc) is 3.37. The topological polar surface area (TPSA) is 49.9 Å². The number of amidine groups is 2. The van der Waals surface area contributed by atoms with E-state index in [4.69, 9.17) is 14.4 Å². The van der Waals surface area contributed by atoms with Crippen molar-refractivity contribution in [3.05, 3.63) is 144 Å². The Morgan fingerprint density at radius 2 is 1.26 bits per heavy atom. The molecule has 182 valence electrons. The number of nitrogens with one attached hydrogen (secondary N) is 1. The third-order valence-electron chi connectivity index (χ3n) is 6.80. The van der Waals surface area contributed by atoms with Crippen LogP contribution in [0.5, 0.6) is 0 Å². The van der Waals surface area contributed by atoms with Crippen molar-refractivity contribution in [1.82, 2.24) is 5.32 Å². The fourth-order valence-electron chi connectivity index (χ4n) is 4.91. The summed E-state index contributed by atoms with van der Waals surface area (Å²) in [5.41, 5.74) is 5.92. The third kappa shape index (κ3) is 3.95. The van der Waals surface area contributed by atoms with Crippen molar-refractivity contribution in [1.29, 1.82) is 0 Å². The van der Waals surface area contributed by atoms with Crippen molar-refractivity contribution >= 4 is 33.6 Å². The second-order valence-electron chi connectivity index (χ2n) is 9.24. The highest BCUT2D eigenvalue weighted by Gasteiger charge is 2.22. The van der Waals surface area contributed by atoms with Crippen LogP contribution < -0.4 is 5.32 Å². The molecule has 7 rings (SSSR count). The number of furan rings is 1. The highest BCUT2D eigenvalue weighted by molar-refractivity contribution is 6.17. The number of fused-ring (bicyclic) bond motifs is 3. The second kappa shape index (κ2) is 9.12. The van der Waals surface area contributed by atoms with E-state index in [0.717, 1.165) is 44.4 Å². The van der Waals surface area contributed by atoms with Crippen LogP contribution in [-0.2, 0) is 0 Å². The minimum Gasteiger partial charge on any atom is -0.453 e. The van der Waals surface area contributed by atoms with Gasteiger partial charge in [-0.15, -0.1) is 0 Å². The lowest BCUT2D eigenvalue weighted by molar-refractivity contribution is 0.584. The van der Waals surface area contributed by atoms with Gasteiger partial charge in [0.1, 0.15) is 17.3 Å². The first-order valence-corrected chi connectivity index (χ1v) is 12.5. The molecule has 1 atom stereocenters. The van der Waals surface area contributed by atoms with E-state index in [0.29, 0.717) is 11.4 Å². The summed E-state index contributed by atoms with van der Waals surface area (Å²) in [6.07, 6.45) is -0.436. The number of nitrogens with zero attached hydrogens (tertiary/aromatic N) is 2.